The Morgan fingerprint density at radius 2 is 1.67 bits per heavy atom. The van der Waals surface area contributed by atoms with Crippen LogP contribution in [0.4, 0.5) is 0 Å². The van der Waals surface area contributed by atoms with Gasteiger partial charge in [0.15, 0.2) is 5.82 Å². The third-order valence-corrected chi connectivity index (χ3v) is 4.31. The van der Waals surface area contributed by atoms with E-state index in [1.54, 1.807) is 0 Å². The summed E-state index contributed by atoms with van der Waals surface area (Å²) in [6.45, 7) is 10.0. The van der Waals surface area contributed by atoms with E-state index in [-0.39, 0.29) is 0 Å². The quantitative estimate of drug-likeness (QED) is 0.397. The van der Waals surface area contributed by atoms with Crippen molar-refractivity contribution >= 4 is 21.5 Å². The van der Waals surface area contributed by atoms with Gasteiger partial charge in [0.25, 0.3) is 0 Å². The van der Waals surface area contributed by atoms with E-state index in [0.717, 1.165) is 39.0 Å². The number of hydrogen-bond acceptors (Lipinski definition) is 2. The first-order valence-corrected chi connectivity index (χ1v) is 10.0. The van der Waals surface area contributed by atoms with E-state index in [9.17, 15) is 0 Å². The van der Waals surface area contributed by atoms with Gasteiger partial charge < -0.3 is 0 Å². The van der Waals surface area contributed by atoms with Crippen molar-refractivity contribution in [2.75, 3.05) is 0 Å². The number of halogens is 1. The molecule has 1 heterocycles. The average Bonchev–Trinajstić information content (AvgIpc) is 2.74. The van der Waals surface area contributed by atoms with Gasteiger partial charge in [-0.2, -0.15) is 0 Å². The second-order valence-corrected chi connectivity index (χ2v) is 6.53. The third kappa shape index (κ3) is 5.48. The Morgan fingerprint density at radius 1 is 0.963 bits per heavy atom. The highest BCUT2D eigenvalue weighted by atomic mass is 79.9. The lowest BCUT2D eigenvalue weighted by Crippen LogP contribution is -1.97. The number of benzene rings is 2. The van der Waals surface area contributed by atoms with Crippen molar-refractivity contribution in [3.8, 4) is 22.6 Å². The minimum atomic E-state index is 0.710. The van der Waals surface area contributed by atoms with Crippen LogP contribution in [0.2, 0.25) is 0 Å². The van der Waals surface area contributed by atoms with Crippen molar-refractivity contribution in [3.63, 3.8) is 0 Å². The largest absolute Gasteiger partial charge is 0.228 e. The topological polar surface area (TPSA) is 25.8 Å². The Hall–Kier alpha value is -2.52. The van der Waals surface area contributed by atoms with E-state index < -0.39 is 0 Å². The first-order valence-electron chi connectivity index (χ1n) is 9.24. The molecule has 2 nitrogen and oxygen atoms in total. The molecule has 0 radical (unpaired) electrons. The van der Waals surface area contributed by atoms with Gasteiger partial charge in [-0.15, -0.1) is 0 Å². The summed E-state index contributed by atoms with van der Waals surface area (Å²) in [5.74, 6) is 0.710. The molecule has 0 aliphatic carbocycles. The molecular formula is C24H25BrN2. The summed E-state index contributed by atoms with van der Waals surface area (Å²) in [4.78, 5) is 9.59. The molecule has 0 N–H and O–H groups in total. The lowest BCUT2D eigenvalue weighted by molar-refractivity contribution is 1.15. The van der Waals surface area contributed by atoms with Gasteiger partial charge in [-0.25, -0.2) is 9.97 Å². The molecule has 0 fully saturated rings. The van der Waals surface area contributed by atoms with Gasteiger partial charge in [0, 0.05) is 15.6 Å². The molecule has 0 atom stereocenters. The minimum absolute atomic E-state index is 0.710. The molecule has 0 amide bonds. The lowest BCUT2D eigenvalue weighted by atomic mass is 10.1. The second kappa shape index (κ2) is 10.6. The Balaban J connectivity index is 0.00000126. The summed E-state index contributed by atoms with van der Waals surface area (Å²) >= 11 is 3.53. The Morgan fingerprint density at radius 3 is 2.30 bits per heavy atom. The van der Waals surface area contributed by atoms with Gasteiger partial charge in [-0.3, -0.25) is 0 Å². The molecule has 0 unspecified atom stereocenters. The first-order chi connectivity index (χ1) is 13.2. The molecule has 0 bridgehead atoms. The highest BCUT2D eigenvalue weighted by Crippen LogP contribution is 2.27. The van der Waals surface area contributed by atoms with E-state index in [1.807, 2.05) is 68.5 Å². The van der Waals surface area contributed by atoms with Gasteiger partial charge in [0.05, 0.1) is 11.4 Å². The van der Waals surface area contributed by atoms with Crippen LogP contribution in [0, 0.1) is 0 Å². The maximum atomic E-state index is 4.80. The smallest absolute Gasteiger partial charge is 0.160 e. The molecule has 138 valence electrons. The molecule has 3 heteroatoms. The SMILES string of the molecule is C=C/C(=C\CC)c1cc(-c2ccccc2)nc(-c2cccc(Br)c2)n1.CC. The van der Waals surface area contributed by atoms with Crippen LogP contribution in [-0.4, -0.2) is 9.97 Å². The van der Waals surface area contributed by atoms with Crippen LogP contribution in [-0.2, 0) is 0 Å². The van der Waals surface area contributed by atoms with Crippen LogP contribution in [0.5, 0.6) is 0 Å². The molecule has 27 heavy (non-hydrogen) atoms. The molecule has 1 aromatic heterocycles. The zero-order chi connectivity index (χ0) is 19.6. The van der Waals surface area contributed by atoms with Crippen molar-refractivity contribution in [3.05, 3.63) is 89.6 Å². The van der Waals surface area contributed by atoms with Crippen LogP contribution in [0.25, 0.3) is 28.2 Å². The summed E-state index contributed by atoms with van der Waals surface area (Å²) in [5, 5.41) is 0. The lowest BCUT2D eigenvalue weighted by Gasteiger charge is -2.10. The van der Waals surface area contributed by atoms with Gasteiger partial charge in [-0.05, 0) is 30.2 Å². The van der Waals surface area contributed by atoms with E-state index >= 15 is 0 Å². The maximum Gasteiger partial charge on any atom is 0.160 e. The Labute approximate surface area is 170 Å². The molecule has 2 aromatic carbocycles. The van der Waals surface area contributed by atoms with Gasteiger partial charge in [-0.1, -0.05) is 97.9 Å². The number of allylic oxidation sites excluding steroid dienone is 3. The molecule has 0 saturated heterocycles. The van der Waals surface area contributed by atoms with Crippen molar-refractivity contribution < 1.29 is 0 Å². The van der Waals surface area contributed by atoms with E-state index in [0.29, 0.717) is 5.82 Å². The third-order valence-electron chi connectivity index (χ3n) is 3.82. The summed E-state index contributed by atoms with van der Waals surface area (Å²) < 4.78 is 1.01. The summed E-state index contributed by atoms with van der Waals surface area (Å²) in [7, 11) is 0. The molecule has 0 spiro atoms. The van der Waals surface area contributed by atoms with Crippen molar-refractivity contribution in [1.29, 1.82) is 0 Å². The van der Waals surface area contributed by atoms with E-state index in [1.165, 1.54) is 0 Å². The number of rotatable bonds is 5. The van der Waals surface area contributed by atoms with E-state index in [4.69, 9.17) is 9.97 Å². The second-order valence-electron chi connectivity index (χ2n) is 5.61. The standard InChI is InChI=1S/C22H19BrN2.C2H6/c1-3-9-16(4-2)20-15-21(17-10-6-5-7-11-17)25-22(24-20)18-12-8-13-19(23)14-18;1-2/h4-15H,2-3H2,1H3;1-2H3/b16-9+;. The van der Waals surface area contributed by atoms with Crippen LogP contribution < -0.4 is 0 Å². The highest BCUT2D eigenvalue weighted by Gasteiger charge is 2.10. The highest BCUT2D eigenvalue weighted by molar-refractivity contribution is 9.10. The summed E-state index contributed by atoms with van der Waals surface area (Å²) in [6, 6.07) is 20.2. The molecule has 3 rings (SSSR count). The van der Waals surface area contributed by atoms with Gasteiger partial charge >= 0.3 is 0 Å². The normalized spacial score (nSPS) is 10.7. The summed E-state index contributed by atoms with van der Waals surface area (Å²) in [5.41, 5.74) is 4.87. The zero-order valence-corrected chi connectivity index (χ0v) is 17.7. The van der Waals surface area contributed by atoms with E-state index in [2.05, 4.69) is 47.6 Å². The minimum Gasteiger partial charge on any atom is -0.228 e. The predicted octanol–water partition coefficient (Wildman–Crippen LogP) is 7.58. The maximum absolute atomic E-state index is 4.80. The van der Waals surface area contributed by atoms with Crippen molar-refractivity contribution in [2.24, 2.45) is 0 Å². The fraction of sp³-hybridized carbons (Fsp3) is 0.167. The monoisotopic (exact) mass is 420 g/mol. The molecule has 0 aliphatic rings. The van der Waals surface area contributed by atoms with Gasteiger partial charge in [0.2, 0.25) is 0 Å². The van der Waals surface area contributed by atoms with Crippen LogP contribution >= 0.6 is 15.9 Å². The van der Waals surface area contributed by atoms with Crippen molar-refractivity contribution in [2.45, 2.75) is 27.2 Å². The zero-order valence-electron chi connectivity index (χ0n) is 16.1. The fourth-order valence-electron chi connectivity index (χ4n) is 2.62. The van der Waals surface area contributed by atoms with Crippen LogP contribution in [0.1, 0.15) is 32.9 Å². The first kappa shape index (κ1) is 20.8. The number of aromatic nitrogens is 2. The fourth-order valence-corrected chi connectivity index (χ4v) is 3.02. The Kier molecular flexibility index (Phi) is 8.15. The molecule has 3 aromatic rings. The number of nitrogens with zero attached hydrogens (tertiary/aromatic N) is 2. The van der Waals surface area contributed by atoms with Gasteiger partial charge in [0.1, 0.15) is 0 Å². The molecular weight excluding hydrogens is 396 g/mol. The Bertz CT molecular complexity index is 915. The van der Waals surface area contributed by atoms with Crippen LogP contribution in [0.3, 0.4) is 0 Å². The van der Waals surface area contributed by atoms with Crippen molar-refractivity contribution in [1.82, 2.24) is 9.97 Å². The average molecular weight is 421 g/mol. The molecule has 0 saturated carbocycles. The number of hydrogen-bond donors (Lipinski definition) is 0. The molecule has 0 aliphatic heterocycles. The summed E-state index contributed by atoms with van der Waals surface area (Å²) in [6.07, 6.45) is 4.92. The van der Waals surface area contributed by atoms with Crippen LogP contribution in [0.15, 0.2) is 83.9 Å². The predicted molar refractivity (Wildman–Crippen MR) is 120 cm³/mol.